The summed E-state index contributed by atoms with van der Waals surface area (Å²) in [7, 11) is 0. The first-order valence-corrected chi connectivity index (χ1v) is 9.08. The number of hydrogen-bond acceptors (Lipinski definition) is 2. The first kappa shape index (κ1) is 17.6. The first-order chi connectivity index (χ1) is 10.5. The van der Waals surface area contributed by atoms with E-state index in [4.69, 9.17) is 16.3 Å². The fourth-order valence-electron chi connectivity index (χ4n) is 2.09. The summed E-state index contributed by atoms with van der Waals surface area (Å²) in [4.78, 5) is 0. The van der Waals surface area contributed by atoms with Crippen molar-refractivity contribution in [1.29, 1.82) is 0 Å². The predicted octanol–water partition coefficient (Wildman–Crippen LogP) is 6.57. The molecule has 2 aromatic rings. The van der Waals surface area contributed by atoms with Crippen molar-refractivity contribution in [2.75, 3.05) is 11.9 Å². The van der Waals surface area contributed by atoms with Crippen molar-refractivity contribution in [1.82, 2.24) is 0 Å². The van der Waals surface area contributed by atoms with Crippen LogP contribution in [0.2, 0.25) is 5.02 Å². The summed E-state index contributed by atoms with van der Waals surface area (Å²) in [5.41, 5.74) is 3.29. The lowest BCUT2D eigenvalue weighted by molar-refractivity contribution is 0.312. The SMILES string of the molecule is CCCOc1c(Br)cc(Br)cc1CNc1cc(Cl)ccc1C. The summed E-state index contributed by atoms with van der Waals surface area (Å²) in [5.74, 6) is 0.886. The van der Waals surface area contributed by atoms with Crippen molar-refractivity contribution in [3.63, 3.8) is 0 Å². The molecule has 0 unspecified atom stereocenters. The lowest BCUT2D eigenvalue weighted by Crippen LogP contribution is -2.06. The van der Waals surface area contributed by atoms with Crippen molar-refractivity contribution >= 4 is 49.1 Å². The van der Waals surface area contributed by atoms with E-state index in [0.29, 0.717) is 13.2 Å². The smallest absolute Gasteiger partial charge is 0.138 e. The molecule has 0 fully saturated rings. The average Bonchev–Trinajstić information content (AvgIpc) is 2.47. The molecule has 2 rings (SSSR count). The van der Waals surface area contributed by atoms with Crippen LogP contribution in [0.5, 0.6) is 5.75 Å². The normalized spacial score (nSPS) is 10.6. The molecule has 0 heterocycles. The largest absolute Gasteiger partial charge is 0.492 e. The van der Waals surface area contributed by atoms with Gasteiger partial charge in [-0.15, -0.1) is 0 Å². The Bertz CT molecular complexity index is 661. The van der Waals surface area contributed by atoms with Crippen LogP contribution in [-0.2, 0) is 6.54 Å². The molecule has 0 saturated carbocycles. The fourth-order valence-corrected chi connectivity index (χ4v) is 3.69. The Morgan fingerprint density at radius 2 is 1.95 bits per heavy atom. The molecule has 2 nitrogen and oxygen atoms in total. The Kier molecular flexibility index (Phi) is 6.60. The Morgan fingerprint density at radius 3 is 2.68 bits per heavy atom. The monoisotopic (exact) mass is 445 g/mol. The van der Waals surface area contributed by atoms with E-state index in [2.05, 4.69) is 57.1 Å². The highest BCUT2D eigenvalue weighted by Gasteiger charge is 2.11. The van der Waals surface area contributed by atoms with Crippen LogP contribution in [0.15, 0.2) is 39.3 Å². The molecule has 118 valence electrons. The van der Waals surface area contributed by atoms with E-state index < -0.39 is 0 Å². The van der Waals surface area contributed by atoms with Crippen LogP contribution in [0.4, 0.5) is 5.69 Å². The molecule has 0 spiro atoms. The van der Waals surface area contributed by atoms with Gasteiger partial charge in [0.1, 0.15) is 5.75 Å². The number of rotatable bonds is 6. The molecule has 5 heteroatoms. The highest BCUT2D eigenvalue weighted by atomic mass is 79.9. The second-order valence-corrected chi connectivity index (χ2v) is 7.24. The minimum absolute atomic E-state index is 0.665. The summed E-state index contributed by atoms with van der Waals surface area (Å²) in [6, 6.07) is 9.92. The Hall–Kier alpha value is -0.710. The van der Waals surface area contributed by atoms with Crippen molar-refractivity contribution in [3.05, 3.63) is 55.4 Å². The van der Waals surface area contributed by atoms with E-state index in [9.17, 15) is 0 Å². The van der Waals surface area contributed by atoms with Crippen LogP contribution in [0.3, 0.4) is 0 Å². The van der Waals surface area contributed by atoms with Gasteiger partial charge in [0.15, 0.2) is 0 Å². The number of anilines is 1. The molecule has 0 aliphatic heterocycles. The molecule has 22 heavy (non-hydrogen) atoms. The maximum absolute atomic E-state index is 6.07. The summed E-state index contributed by atoms with van der Waals surface area (Å²) >= 11 is 13.2. The van der Waals surface area contributed by atoms with Gasteiger partial charge >= 0.3 is 0 Å². The van der Waals surface area contributed by atoms with Gasteiger partial charge in [0.2, 0.25) is 0 Å². The van der Waals surface area contributed by atoms with E-state index >= 15 is 0 Å². The quantitative estimate of drug-likeness (QED) is 0.540. The molecule has 2 aromatic carbocycles. The minimum atomic E-state index is 0.665. The zero-order chi connectivity index (χ0) is 16.1. The minimum Gasteiger partial charge on any atom is -0.492 e. The molecule has 1 N–H and O–H groups in total. The van der Waals surface area contributed by atoms with Crippen LogP contribution in [0, 0.1) is 6.92 Å². The van der Waals surface area contributed by atoms with Gasteiger partial charge in [-0.2, -0.15) is 0 Å². The van der Waals surface area contributed by atoms with Gasteiger partial charge in [-0.1, -0.05) is 40.5 Å². The third kappa shape index (κ3) is 4.64. The maximum atomic E-state index is 6.07. The highest BCUT2D eigenvalue weighted by Crippen LogP contribution is 2.34. The van der Waals surface area contributed by atoms with Crippen LogP contribution in [-0.4, -0.2) is 6.61 Å². The molecule has 0 aliphatic carbocycles. The molecule has 0 aromatic heterocycles. The molecule has 0 radical (unpaired) electrons. The van der Waals surface area contributed by atoms with Gasteiger partial charge in [-0.05, 0) is 59.1 Å². The third-order valence-electron chi connectivity index (χ3n) is 3.20. The molecular formula is C17H18Br2ClNO. The lowest BCUT2D eigenvalue weighted by Gasteiger charge is -2.16. The highest BCUT2D eigenvalue weighted by molar-refractivity contribution is 9.11. The number of halogens is 3. The fraction of sp³-hybridized carbons (Fsp3) is 0.294. The summed E-state index contributed by atoms with van der Waals surface area (Å²) in [6.07, 6.45) is 0.975. The van der Waals surface area contributed by atoms with Gasteiger partial charge in [0.25, 0.3) is 0 Å². The van der Waals surface area contributed by atoms with Gasteiger partial charge in [0, 0.05) is 27.3 Å². The first-order valence-electron chi connectivity index (χ1n) is 7.12. The van der Waals surface area contributed by atoms with Gasteiger partial charge in [0.05, 0.1) is 11.1 Å². The number of aryl methyl sites for hydroxylation is 1. The topological polar surface area (TPSA) is 21.3 Å². The number of hydrogen-bond donors (Lipinski definition) is 1. The van der Waals surface area contributed by atoms with Crippen LogP contribution < -0.4 is 10.1 Å². The maximum Gasteiger partial charge on any atom is 0.138 e. The number of benzene rings is 2. The molecule has 0 amide bonds. The molecule has 0 aliphatic rings. The zero-order valence-electron chi connectivity index (χ0n) is 12.6. The Balaban J connectivity index is 2.22. The standard InChI is InChI=1S/C17H18Br2ClNO/c1-3-6-22-17-12(7-13(18)8-15(17)19)10-21-16-9-14(20)5-4-11(16)2/h4-5,7-9,21H,3,6,10H2,1-2H3. The average molecular weight is 448 g/mol. The second-order valence-electron chi connectivity index (χ2n) is 5.04. The molecule has 0 bridgehead atoms. The third-order valence-corrected chi connectivity index (χ3v) is 4.49. The van der Waals surface area contributed by atoms with Crippen molar-refractivity contribution < 1.29 is 4.74 Å². The lowest BCUT2D eigenvalue weighted by atomic mass is 10.1. The summed E-state index contributed by atoms with van der Waals surface area (Å²) < 4.78 is 7.85. The Labute approximate surface area is 153 Å². The zero-order valence-corrected chi connectivity index (χ0v) is 16.5. The van der Waals surface area contributed by atoms with Crippen LogP contribution in [0.25, 0.3) is 0 Å². The van der Waals surface area contributed by atoms with Crippen molar-refractivity contribution in [2.45, 2.75) is 26.8 Å². The molecule has 0 atom stereocenters. The van der Waals surface area contributed by atoms with E-state index in [0.717, 1.165) is 43.0 Å². The van der Waals surface area contributed by atoms with E-state index in [1.54, 1.807) is 0 Å². The van der Waals surface area contributed by atoms with Crippen molar-refractivity contribution in [3.8, 4) is 5.75 Å². The van der Waals surface area contributed by atoms with Crippen molar-refractivity contribution in [2.24, 2.45) is 0 Å². The molecule has 0 saturated heterocycles. The van der Waals surface area contributed by atoms with Gasteiger partial charge < -0.3 is 10.1 Å². The van der Waals surface area contributed by atoms with E-state index in [-0.39, 0.29) is 0 Å². The van der Waals surface area contributed by atoms with Crippen LogP contribution >= 0.6 is 43.5 Å². The van der Waals surface area contributed by atoms with Gasteiger partial charge in [-0.25, -0.2) is 0 Å². The second kappa shape index (κ2) is 8.23. The van der Waals surface area contributed by atoms with Crippen LogP contribution in [0.1, 0.15) is 24.5 Å². The van der Waals surface area contributed by atoms with E-state index in [1.165, 1.54) is 0 Å². The summed E-state index contributed by atoms with van der Waals surface area (Å²) in [5, 5.41) is 4.16. The predicted molar refractivity (Wildman–Crippen MR) is 101 cm³/mol. The van der Waals surface area contributed by atoms with E-state index in [1.807, 2.05) is 24.3 Å². The van der Waals surface area contributed by atoms with Gasteiger partial charge in [-0.3, -0.25) is 0 Å². The molecular weight excluding hydrogens is 429 g/mol. The Morgan fingerprint density at radius 1 is 1.18 bits per heavy atom. The summed E-state index contributed by atoms with van der Waals surface area (Å²) in [6.45, 7) is 5.52. The number of nitrogens with one attached hydrogen (secondary N) is 1. The number of ether oxygens (including phenoxy) is 1.